The van der Waals surface area contributed by atoms with E-state index in [1.165, 1.54) is 12.8 Å². The fraction of sp³-hybridized carbons (Fsp3) is 0.462. The average molecular weight is 264 g/mol. The van der Waals surface area contributed by atoms with Crippen molar-refractivity contribution in [3.63, 3.8) is 0 Å². The van der Waals surface area contributed by atoms with E-state index in [0.29, 0.717) is 17.5 Å². The first-order valence-electron chi connectivity index (χ1n) is 6.30. The first-order chi connectivity index (χ1) is 9.24. The van der Waals surface area contributed by atoms with E-state index in [2.05, 4.69) is 15.4 Å². The van der Waals surface area contributed by atoms with Crippen molar-refractivity contribution in [3.8, 4) is 11.5 Å². The number of nitrogens with zero attached hydrogens (tertiary/aromatic N) is 2. The van der Waals surface area contributed by atoms with Crippen LogP contribution in [0.5, 0.6) is 11.5 Å². The van der Waals surface area contributed by atoms with E-state index in [-0.39, 0.29) is 0 Å². The molecule has 0 bridgehead atoms. The number of anilines is 1. The maximum atomic E-state index is 5.91. The normalized spacial score (nSPS) is 15.5. The van der Waals surface area contributed by atoms with Gasteiger partial charge < -0.3 is 20.1 Å². The van der Waals surface area contributed by atoms with E-state index < -0.39 is 0 Å². The minimum absolute atomic E-state index is 0.521. The maximum absolute atomic E-state index is 5.91. The van der Waals surface area contributed by atoms with E-state index in [1.54, 1.807) is 14.2 Å². The highest BCUT2D eigenvalue weighted by Crippen LogP contribution is 2.29. The summed E-state index contributed by atoms with van der Waals surface area (Å²) in [7, 11) is 3.21. The van der Waals surface area contributed by atoms with Gasteiger partial charge in [-0.2, -0.15) is 0 Å². The molecule has 6 nitrogen and oxygen atoms in total. The largest absolute Gasteiger partial charge is 0.493 e. The predicted octanol–water partition coefficient (Wildman–Crippen LogP) is 1.44. The third-order valence-corrected chi connectivity index (χ3v) is 3.11. The molecule has 0 unspecified atom stereocenters. The highest BCUT2D eigenvalue weighted by Gasteiger charge is 2.13. The highest BCUT2D eigenvalue weighted by molar-refractivity contribution is 5.79. The summed E-state index contributed by atoms with van der Waals surface area (Å²) < 4.78 is 10.4. The van der Waals surface area contributed by atoms with Crippen LogP contribution in [0.25, 0.3) is 0 Å². The Bertz CT molecular complexity index is 456. The van der Waals surface area contributed by atoms with Gasteiger partial charge in [0.15, 0.2) is 11.5 Å². The van der Waals surface area contributed by atoms with Crippen LogP contribution in [0.1, 0.15) is 12.8 Å². The van der Waals surface area contributed by atoms with Gasteiger partial charge in [0.05, 0.1) is 19.9 Å². The standard InChI is InChI=1S/C13H20N4O2/c1-18-11-6-5-10(9-12(11)19-2)15-16-13(14)17-7-3-4-8-17/h5-6,9,15H,3-4,7-8H2,1-2H3,(H2,14,16). The van der Waals surface area contributed by atoms with E-state index in [4.69, 9.17) is 15.2 Å². The van der Waals surface area contributed by atoms with Crippen molar-refractivity contribution in [2.75, 3.05) is 32.7 Å². The molecule has 0 amide bonds. The Hall–Kier alpha value is -2.11. The van der Waals surface area contributed by atoms with E-state index in [0.717, 1.165) is 18.8 Å². The number of guanidine groups is 1. The van der Waals surface area contributed by atoms with Gasteiger partial charge in [0.25, 0.3) is 0 Å². The molecule has 6 heteroatoms. The summed E-state index contributed by atoms with van der Waals surface area (Å²) in [6.07, 6.45) is 2.35. The molecular weight excluding hydrogens is 244 g/mol. The third kappa shape index (κ3) is 3.21. The van der Waals surface area contributed by atoms with Gasteiger partial charge in [-0.3, -0.25) is 5.43 Å². The number of methoxy groups -OCH3 is 2. The van der Waals surface area contributed by atoms with Crippen LogP contribution in [0.2, 0.25) is 0 Å². The van der Waals surface area contributed by atoms with Gasteiger partial charge in [0.2, 0.25) is 5.96 Å². The first kappa shape index (κ1) is 13.3. The minimum atomic E-state index is 0.521. The zero-order valence-corrected chi connectivity index (χ0v) is 11.3. The number of hydrogen-bond donors (Lipinski definition) is 2. The summed E-state index contributed by atoms with van der Waals surface area (Å²) in [4.78, 5) is 2.06. The molecule has 19 heavy (non-hydrogen) atoms. The van der Waals surface area contributed by atoms with Crippen LogP contribution in [0.3, 0.4) is 0 Å². The molecule has 104 valence electrons. The quantitative estimate of drug-likeness (QED) is 0.489. The van der Waals surface area contributed by atoms with Crippen molar-refractivity contribution in [1.29, 1.82) is 0 Å². The van der Waals surface area contributed by atoms with Crippen molar-refractivity contribution >= 4 is 11.6 Å². The second-order valence-corrected chi connectivity index (χ2v) is 4.35. The van der Waals surface area contributed by atoms with Crippen molar-refractivity contribution in [2.24, 2.45) is 10.8 Å². The van der Waals surface area contributed by atoms with Gasteiger partial charge in [0.1, 0.15) is 0 Å². The summed E-state index contributed by atoms with van der Waals surface area (Å²) >= 11 is 0. The molecule has 0 saturated carbocycles. The number of hydrogen-bond acceptors (Lipinski definition) is 4. The van der Waals surface area contributed by atoms with E-state index in [9.17, 15) is 0 Å². The lowest BCUT2D eigenvalue weighted by molar-refractivity contribution is 0.355. The Morgan fingerprint density at radius 3 is 2.53 bits per heavy atom. The number of rotatable bonds is 4. The minimum Gasteiger partial charge on any atom is -0.493 e. The molecule has 1 aromatic carbocycles. The Morgan fingerprint density at radius 1 is 1.21 bits per heavy atom. The van der Waals surface area contributed by atoms with Crippen molar-refractivity contribution in [2.45, 2.75) is 12.8 Å². The molecule has 0 aliphatic carbocycles. The molecule has 1 aromatic rings. The molecule has 0 aromatic heterocycles. The smallest absolute Gasteiger partial charge is 0.214 e. The summed E-state index contributed by atoms with van der Waals surface area (Å²) in [5, 5.41) is 4.18. The fourth-order valence-electron chi connectivity index (χ4n) is 2.04. The zero-order chi connectivity index (χ0) is 13.7. The summed E-state index contributed by atoms with van der Waals surface area (Å²) in [6.45, 7) is 1.95. The van der Waals surface area contributed by atoms with Crippen LogP contribution in [0, 0.1) is 0 Å². The molecule has 2 rings (SSSR count). The SMILES string of the molecule is COc1ccc(N/N=C(\N)N2CCCC2)cc1OC. The lowest BCUT2D eigenvalue weighted by Crippen LogP contribution is -2.35. The van der Waals surface area contributed by atoms with Crippen molar-refractivity contribution in [1.82, 2.24) is 4.90 Å². The molecule has 1 heterocycles. The molecule has 1 fully saturated rings. The van der Waals surface area contributed by atoms with Gasteiger partial charge in [0, 0.05) is 19.2 Å². The Kier molecular flexibility index (Phi) is 4.33. The zero-order valence-electron chi connectivity index (χ0n) is 11.3. The maximum Gasteiger partial charge on any atom is 0.214 e. The van der Waals surface area contributed by atoms with Crippen LogP contribution in [0.15, 0.2) is 23.3 Å². The number of ether oxygens (including phenoxy) is 2. The van der Waals surface area contributed by atoms with Crippen LogP contribution < -0.4 is 20.6 Å². The molecule has 0 radical (unpaired) electrons. The Balaban J connectivity index is 2.04. The van der Waals surface area contributed by atoms with Gasteiger partial charge in [-0.15, -0.1) is 5.10 Å². The summed E-state index contributed by atoms with van der Waals surface area (Å²) in [5.74, 6) is 1.86. The summed E-state index contributed by atoms with van der Waals surface area (Å²) in [5.41, 5.74) is 9.65. The Labute approximate surface area is 113 Å². The van der Waals surface area contributed by atoms with Crippen molar-refractivity contribution < 1.29 is 9.47 Å². The number of benzene rings is 1. The number of nitrogens with one attached hydrogen (secondary N) is 1. The molecule has 1 aliphatic rings. The van der Waals surface area contributed by atoms with Gasteiger partial charge in [-0.1, -0.05) is 0 Å². The number of likely N-dealkylation sites (tertiary alicyclic amines) is 1. The van der Waals surface area contributed by atoms with Crippen LogP contribution in [-0.4, -0.2) is 38.2 Å². The lowest BCUT2D eigenvalue weighted by Gasteiger charge is -2.16. The monoisotopic (exact) mass is 264 g/mol. The van der Waals surface area contributed by atoms with E-state index >= 15 is 0 Å². The van der Waals surface area contributed by atoms with Gasteiger partial charge in [-0.05, 0) is 25.0 Å². The molecule has 3 N–H and O–H groups in total. The molecule has 1 saturated heterocycles. The van der Waals surface area contributed by atoms with E-state index in [1.807, 2.05) is 18.2 Å². The van der Waals surface area contributed by atoms with Crippen LogP contribution >= 0.6 is 0 Å². The van der Waals surface area contributed by atoms with Gasteiger partial charge in [-0.25, -0.2) is 0 Å². The third-order valence-electron chi connectivity index (χ3n) is 3.11. The van der Waals surface area contributed by atoms with Crippen LogP contribution in [0.4, 0.5) is 5.69 Å². The first-order valence-corrected chi connectivity index (χ1v) is 6.30. The second kappa shape index (κ2) is 6.17. The number of hydrazone groups is 1. The number of nitrogens with two attached hydrogens (primary N) is 1. The second-order valence-electron chi connectivity index (χ2n) is 4.35. The highest BCUT2D eigenvalue weighted by atomic mass is 16.5. The fourth-order valence-corrected chi connectivity index (χ4v) is 2.04. The lowest BCUT2D eigenvalue weighted by atomic mass is 10.3. The molecular formula is C13H20N4O2. The van der Waals surface area contributed by atoms with Crippen molar-refractivity contribution in [3.05, 3.63) is 18.2 Å². The summed E-state index contributed by atoms with van der Waals surface area (Å²) in [6, 6.07) is 5.50. The topological polar surface area (TPSA) is 72.1 Å². The van der Waals surface area contributed by atoms with Crippen LogP contribution in [-0.2, 0) is 0 Å². The molecule has 0 atom stereocenters. The molecule has 0 spiro atoms. The Morgan fingerprint density at radius 2 is 1.89 bits per heavy atom. The van der Waals surface area contributed by atoms with Gasteiger partial charge >= 0.3 is 0 Å². The average Bonchev–Trinajstić information content (AvgIpc) is 2.98. The molecule has 1 aliphatic heterocycles. The predicted molar refractivity (Wildman–Crippen MR) is 75.6 cm³/mol.